The summed E-state index contributed by atoms with van der Waals surface area (Å²) in [5.74, 6) is 1.93. The molecule has 2 fully saturated rings. The van der Waals surface area contributed by atoms with Crippen molar-refractivity contribution in [2.24, 2.45) is 11.8 Å². The summed E-state index contributed by atoms with van der Waals surface area (Å²) >= 11 is 0. The molecule has 0 spiro atoms. The van der Waals surface area contributed by atoms with Gasteiger partial charge in [-0.3, -0.25) is 4.90 Å². The van der Waals surface area contributed by atoms with Crippen LogP contribution in [0.1, 0.15) is 20.8 Å². The van der Waals surface area contributed by atoms with E-state index in [1.165, 1.54) is 13.1 Å². The first kappa shape index (κ1) is 9.47. The Hall–Kier alpha value is -0.0800. The van der Waals surface area contributed by atoms with Crippen LogP contribution in [0.15, 0.2) is 0 Å². The van der Waals surface area contributed by atoms with E-state index in [9.17, 15) is 0 Å². The molecular weight excluding hydrogens is 160 g/mol. The maximum Gasteiger partial charge on any atom is 0.0177 e. The summed E-state index contributed by atoms with van der Waals surface area (Å²) in [4.78, 5) is 5.03. The van der Waals surface area contributed by atoms with Gasteiger partial charge in [0, 0.05) is 24.7 Å². The Kier molecular flexibility index (Phi) is 1.97. The minimum Gasteiger partial charge on any atom is -0.306 e. The van der Waals surface area contributed by atoms with Crippen molar-refractivity contribution in [2.45, 2.75) is 32.4 Å². The Labute approximate surface area is 81.9 Å². The van der Waals surface area contributed by atoms with Crippen molar-refractivity contribution in [2.75, 3.05) is 27.2 Å². The van der Waals surface area contributed by atoms with Crippen molar-refractivity contribution in [3.63, 3.8) is 0 Å². The quantitative estimate of drug-likeness (QED) is 0.603. The van der Waals surface area contributed by atoms with Gasteiger partial charge in [-0.1, -0.05) is 0 Å². The van der Waals surface area contributed by atoms with Crippen molar-refractivity contribution in [3.8, 4) is 0 Å². The third kappa shape index (κ3) is 1.50. The number of fused-ring (bicyclic) bond motifs is 1. The highest BCUT2D eigenvalue weighted by molar-refractivity contribution is 5.11. The molecule has 13 heavy (non-hydrogen) atoms. The molecule has 0 aromatic heterocycles. The van der Waals surface area contributed by atoms with E-state index in [4.69, 9.17) is 0 Å². The van der Waals surface area contributed by atoms with Gasteiger partial charge >= 0.3 is 0 Å². The molecule has 2 nitrogen and oxygen atoms in total. The van der Waals surface area contributed by atoms with Gasteiger partial charge in [0.1, 0.15) is 0 Å². The lowest BCUT2D eigenvalue weighted by Crippen LogP contribution is -2.43. The predicted molar refractivity (Wildman–Crippen MR) is 55.8 cm³/mol. The maximum atomic E-state index is 2.63. The fourth-order valence-electron chi connectivity index (χ4n) is 2.81. The van der Waals surface area contributed by atoms with E-state index in [0.29, 0.717) is 5.54 Å². The van der Waals surface area contributed by atoms with Gasteiger partial charge in [0.2, 0.25) is 0 Å². The summed E-state index contributed by atoms with van der Waals surface area (Å²) in [6.45, 7) is 9.60. The summed E-state index contributed by atoms with van der Waals surface area (Å²) in [6.07, 6.45) is 0. The number of likely N-dealkylation sites (tertiary alicyclic amines) is 1. The molecule has 1 saturated carbocycles. The summed E-state index contributed by atoms with van der Waals surface area (Å²) in [5.41, 5.74) is 0.379. The molecule has 76 valence electrons. The molecule has 0 amide bonds. The van der Waals surface area contributed by atoms with E-state index in [2.05, 4.69) is 44.7 Å². The van der Waals surface area contributed by atoms with Crippen molar-refractivity contribution >= 4 is 0 Å². The van der Waals surface area contributed by atoms with E-state index in [1.54, 1.807) is 0 Å². The minimum absolute atomic E-state index is 0.379. The van der Waals surface area contributed by atoms with Gasteiger partial charge in [-0.15, -0.1) is 0 Å². The van der Waals surface area contributed by atoms with Crippen LogP contribution < -0.4 is 0 Å². The first-order valence-corrected chi connectivity index (χ1v) is 5.33. The lowest BCUT2D eigenvalue weighted by atomic mass is 10.1. The van der Waals surface area contributed by atoms with Crippen LogP contribution in [0.5, 0.6) is 0 Å². The van der Waals surface area contributed by atoms with Crippen molar-refractivity contribution in [1.82, 2.24) is 9.80 Å². The van der Waals surface area contributed by atoms with Gasteiger partial charge in [0.05, 0.1) is 0 Å². The SMILES string of the molecule is CN(C)C1[C@H]2CN(C(C)(C)C)C[C@@H]12. The standard InChI is InChI=1S/C11H22N2/c1-11(2,3)13-6-8-9(7-13)10(8)12(4)5/h8-10H,6-7H2,1-5H3/t8-,9+,10?. The van der Waals surface area contributed by atoms with Crippen LogP contribution in [0.3, 0.4) is 0 Å². The molecule has 2 heteroatoms. The largest absolute Gasteiger partial charge is 0.306 e. The third-order valence-corrected chi connectivity index (χ3v) is 3.69. The Morgan fingerprint density at radius 3 is 1.85 bits per heavy atom. The molecule has 0 aromatic carbocycles. The third-order valence-electron chi connectivity index (χ3n) is 3.69. The fourth-order valence-corrected chi connectivity index (χ4v) is 2.81. The van der Waals surface area contributed by atoms with Crippen LogP contribution in [0.4, 0.5) is 0 Å². The topological polar surface area (TPSA) is 6.48 Å². The van der Waals surface area contributed by atoms with E-state index in [1.807, 2.05) is 0 Å². The smallest absolute Gasteiger partial charge is 0.0177 e. The van der Waals surface area contributed by atoms with E-state index >= 15 is 0 Å². The normalized spacial score (nSPS) is 39.7. The number of piperidine rings is 1. The summed E-state index contributed by atoms with van der Waals surface area (Å²) in [7, 11) is 4.43. The highest BCUT2D eigenvalue weighted by atomic mass is 15.3. The molecule has 0 N–H and O–H groups in total. The van der Waals surface area contributed by atoms with Gasteiger partial charge in [0.15, 0.2) is 0 Å². The van der Waals surface area contributed by atoms with Crippen molar-refractivity contribution in [3.05, 3.63) is 0 Å². The van der Waals surface area contributed by atoms with Gasteiger partial charge in [-0.25, -0.2) is 0 Å². The average Bonchev–Trinajstić information content (AvgIpc) is 2.46. The fraction of sp³-hybridized carbons (Fsp3) is 1.00. The lowest BCUT2D eigenvalue weighted by Gasteiger charge is -2.34. The second kappa shape index (κ2) is 2.71. The van der Waals surface area contributed by atoms with Gasteiger partial charge < -0.3 is 4.90 Å². The lowest BCUT2D eigenvalue weighted by molar-refractivity contribution is 0.139. The van der Waals surface area contributed by atoms with Gasteiger partial charge in [0.25, 0.3) is 0 Å². The Morgan fingerprint density at radius 2 is 1.54 bits per heavy atom. The molecule has 1 aliphatic carbocycles. The zero-order chi connectivity index (χ0) is 9.80. The zero-order valence-electron chi connectivity index (χ0n) is 9.54. The summed E-state index contributed by atoms with van der Waals surface area (Å²) in [6, 6.07) is 0.888. The molecule has 0 radical (unpaired) electrons. The molecule has 1 heterocycles. The van der Waals surface area contributed by atoms with Crippen LogP contribution in [0, 0.1) is 11.8 Å². The molecule has 2 aliphatic rings. The summed E-state index contributed by atoms with van der Waals surface area (Å²) < 4.78 is 0. The second-order valence-corrected chi connectivity index (χ2v) is 5.86. The van der Waals surface area contributed by atoms with E-state index in [-0.39, 0.29) is 0 Å². The van der Waals surface area contributed by atoms with Crippen LogP contribution in [-0.4, -0.2) is 48.6 Å². The monoisotopic (exact) mass is 182 g/mol. The molecule has 1 unspecified atom stereocenters. The first-order chi connectivity index (χ1) is 5.91. The van der Waals surface area contributed by atoms with Gasteiger partial charge in [-0.05, 0) is 46.7 Å². The highest BCUT2D eigenvalue weighted by Crippen LogP contribution is 2.49. The Balaban J connectivity index is 1.90. The Morgan fingerprint density at radius 1 is 1.08 bits per heavy atom. The molecule has 0 bridgehead atoms. The maximum absolute atomic E-state index is 2.63. The first-order valence-electron chi connectivity index (χ1n) is 5.33. The van der Waals surface area contributed by atoms with Crippen LogP contribution in [0.25, 0.3) is 0 Å². The molecule has 1 saturated heterocycles. The van der Waals surface area contributed by atoms with Crippen molar-refractivity contribution in [1.29, 1.82) is 0 Å². The average molecular weight is 182 g/mol. The number of rotatable bonds is 1. The number of hydrogen-bond donors (Lipinski definition) is 0. The van der Waals surface area contributed by atoms with Gasteiger partial charge in [-0.2, -0.15) is 0 Å². The van der Waals surface area contributed by atoms with Crippen LogP contribution >= 0.6 is 0 Å². The van der Waals surface area contributed by atoms with Crippen molar-refractivity contribution < 1.29 is 0 Å². The summed E-state index contributed by atoms with van der Waals surface area (Å²) in [5, 5.41) is 0. The second-order valence-electron chi connectivity index (χ2n) is 5.86. The molecular formula is C11H22N2. The zero-order valence-corrected chi connectivity index (χ0v) is 9.54. The molecule has 1 aliphatic heterocycles. The van der Waals surface area contributed by atoms with E-state index < -0.39 is 0 Å². The van der Waals surface area contributed by atoms with Crippen LogP contribution in [0.2, 0.25) is 0 Å². The molecule has 3 atom stereocenters. The van der Waals surface area contributed by atoms with Crippen LogP contribution in [-0.2, 0) is 0 Å². The molecule has 0 aromatic rings. The number of nitrogens with zero attached hydrogens (tertiary/aromatic N) is 2. The highest BCUT2D eigenvalue weighted by Gasteiger charge is 2.57. The number of hydrogen-bond acceptors (Lipinski definition) is 2. The predicted octanol–water partition coefficient (Wildman–Crippen LogP) is 1.28. The minimum atomic E-state index is 0.379. The molecule has 2 rings (SSSR count). The van der Waals surface area contributed by atoms with E-state index in [0.717, 1.165) is 17.9 Å². The Bertz CT molecular complexity index is 193.